The predicted molar refractivity (Wildman–Crippen MR) is 73.5 cm³/mol. The Morgan fingerprint density at radius 3 is 2.41 bits per heavy atom. The number of halogens is 1. The van der Waals surface area contributed by atoms with Crippen LogP contribution in [0.1, 0.15) is 30.8 Å². The number of aromatic nitrogens is 2. The van der Waals surface area contributed by atoms with Crippen LogP contribution in [0, 0.1) is 6.92 Å². The maximum absolute atomic E-state index is 9.83. The van der Waals surface area contributed by atoms with Crippen LogP contribution in [0.4, 0.5) is 0 Å². The van der Waals surface area contributed by atoms with Crippen molar-refractivity contribution in [1.82, 2.24) is 10.2 Å². The predicted octanol–water partition coefficient (Wildman–Crippen LogP) is 3.45. The molecule has 0 unspecified atom stereocenters. The minimum Gasteiger partial charge on any atom is -0.503 e. The van der Waals surface area contributed by atoms with Crippen molar-refractivity contribution >= 4 is 45.2 Å². The van der Waals surface area contributed by atoms with E-state index in [1.807, 2.05) is 20.8 Å². The zero-order valence-electron chi connectivity index (χ0n) is 9.94. The number of aryl methyl sites for hydroxylation is 1. The lowest BCUT2D eigenvalue weighted by atomic mass is 10.2. The molecule has 17 heavy (non-hydrogen) atoms. The van der Waals surface area contributed by atoms with Crippen LogP contribution in [0.25, 0.3) is 5.03 Å². The molecule has 0 bridgehead atoms. The molecule has 94 valence electrons. The van der Waals surface area contributed by atoms with E-state index in [0.29, 0.717) is 5.01 Å². The van der Waals surface area contributed by atoms with Gasteiger partial charge in [0.05, 0.1) is 0 Å². The van der Waals surface area contributed by atoms with Gasteiger partial charge in [-0.3, -0.25) is 0 Å². The van der Waals surface area contributed by atoms with Crippen LogP contribution >= 0.6 is 35.2 Å². The zero-order valence-corrected chi connectivity index (χ0v) is 12.3. The van der Waals surface area contributed by atoms with Crippen molar-refractivity contribution in [3.05, 3.63) is 15.8 Å². The van der Waals surface area contributed by atoms with Crippen LogP contribution < -0.4 is 0 Å². The Balaban J connectivity index is 2.94. The van der Waals surface area contributed by atoms with Crippen molar-refractivity contribution < 1.29 is 9.84 Å². The Labute approximate surface area is 114 Å². The standard InChI is InChI=1S/C10H13ClN2O2S2/c1-5-12-13-8(17-5)6(11)7(14)9(16)15-10(2,3)4/h14H,1-4H3. The van der Waals surface area contributed by atoms with Gasteiger partial charge < -0.3 is 9.84 Å². The topological polar surface area (TPSA) is 55.2 Å². The van der Waals surface area contributed by atoms with Crippen LogP contribution in [0.15, 0.2) is 5.76 Å². The van der Waals surface area contributed by atoms with Gasteiger partial charge in [-0.25, -0.2) is 0 Å². The highest BCUT2D eigenvalue weighted by Crippen LogP contribution is 2.26. The minimum absolute atomic E-state index is 0.0460. The van der Waals surface area contributed by atoms with Crippen molar-refractivity contribution in [2.75, 3.05) is 0 Å². The average Bonchev–Trinajstić information content (AvgIpc) is 2.60. The van der Waals surface area contributed by atoms with Crippen LogP contribution in [0.3, 0.4) is 0 Å². The molecule has 0 saturated carbocycles. The number of ether oxygens (including phenoxy) is 1. The Bertz CT molecular complexity index is 463. The molecule has 0 spiro atoms. The van der Waals surface area contributed by atoms with Gasteiger partial charge in [-0.05, 0) is 39.9 Å². The average molecular weight is 293 g/mol. The molecular formula is C10H13ClN2O2S2. The van der Waals surface area contributed by atoms with Gasteiger partial charge in [-0.15, -0.1) is 10.2 Å². The SMILES string of the molecule is Cc1nnc(C(Cl)=C(O)C(=S)OC(C)(C)C)s1. The third-order valence-corrected chi connectivity index (χ3v) is 3.12. The Kier molecular flexibility index (Phi) is 4.46. The summed E-state index contributed by atoms with van der Waals surface area (Å²) in [6.07, 6.45) is 0. The summed E-state index contributed by atoms with van der Waals surface area (Å²) < 4.78 is 5.34. The molecule has 0 amide bonds. The molecule has 0 aromatic carbocycles. The summed E-state index contributed by atoms with van der Waals surface area (Å²) in [6, 6.07) is 0. The van der Waals surface area contributed by atoms with E-state index in [1.54, 1.807) is 6.92 Å². The summed E-state index contributed by atoms with van der Waals surface area (Å²) in [7, 11) is 0. The number of aliphatic hydroxyl groups excluding tert-OH is 1. The Morgan fingerprint density at radius 1 is 1.41 bits per heavy atom. The molecule has 4 nitrogen and oxygen atoms in total. The van der Waals surface area contributed by atoms with E-state index in [9.17, 15) is 5.11 Å². The lowest BCUT2D eigenvalue weighted by Gasteiger charge is -2.21. The number of thiocarbonyl (C=S) groups is 1. The summed E-state index contributed by atoms with van der Waals surface area (Å²) in [5, 5.41) is 18.7. The normalized spacial score (nSPS) is 13.2. The van der Waals surface area contributed by atoms with E-state index in [2.05, 4.69) is 10.2 Å². The van der Waals surface area contributed by atoms with Gasteiger partial charge in [0.1, 0.15) is 15.6 Å². The number of hydrogen-bond donors (Lipinski definition) is 1. The van der Waals surface area contributed by atoms with Gasteiger partial charge >= 0.3 is 0 Å². The molecule has 0 radical (unpaired) electrons. The summed E-state index contributed by atoms with van der Waals surface area (Å²) >= 11 is 12.2. The first kappa shape index (κ1) is 14.3. The Hall–Kier alpha value is -0.720. The summed E-state index contributed by atoms with van der Waals surface area (Å²) in [5.41, 5.74) is -0.487. The van der Waals surface area contributed by atoms with Crippen LogP contribution in [-0.2, 0) is 4.74 Å². The molecule has 0 fully saturated rings. The van der Waals surface area contributed by atoms with Gasteiger partial charge in [-0.1, -0.05) is 22.9 Å². The Morgan fingerprint density at radius 2 is 2.00 bits per heavy atom. The fourth-order valence-corrected chi connectivity index (χ4v) is 2.18. The number of aliphatic hydroxyl groups is 1. The molecule has 1 heterocycles. The molecule has 1 aromatic heterocycles. The van der Waals surface area contributed by atoms with Crippen molar-refractivity contribution in [2.45, 2.75) is 33.3 Å². The van der Waals surface area contributed by atoms with E-state index in [4.69, 9.17) is 28.6 Å². The van der Waals surface area contributed by atoms with Gasteiger partial charge in [0, 0.05) is 0 Å². The van der Waals surface area contributed by atoms with Crippen molar-refractivity contribution in [3.63, 3.8) is 0 Å². The molecule has 0 aliphatic heterocycles. The van der Waals surface area contributed by atoms with Crippen LogP contribution in [-0.4, -0.2) is 26.0 Å². The number of nitrogens with zero attached hydrogens (tertiary/aromatic N) is 2. The molecular weight excluding hydrogens is 280 g/mol. The first-order valence-electron chi connectivity index (χ1n) is 4.83. The van der Waals surface area contributed by atoms with Gasteiger partial charge in [0.2, 0.25) is 5.05 Å². The molecule has 1 aromatic rings. The van der Waals surface area contributed by atoms with Crippen molar-refractivity contribution in [3.8, 4) is 0 Å². The molecule has 0 aliphatic carbocycles. The van der Waals surface area contributed by atoms with E-state index in [1.165, 1.54) is 11.3 Å². The van der Waals surface area contributed by atoms with Gasteiger partial charge in [0.25, 0.3) is 0 Å². The van der Waals surface area contributed by atoms with E-state index in [-0.39, 0.29) is 15.8 Å². The number of hydrogen-bond acceptors (Lipinski definition) is 6. The smallest absolute Gasteiger partial charge is 0.229 e. The maximum Gasteiger partial charge on any atom is 0.229 e. The van der Waals surface area contributed by atoms with E-state index >= 15 is 0 Å². The molecule has 0 saturated heterocycles. The first-order valence-corrected chi connectivity index (χ1v) is 6.43. The van der Waals surface area contributed by atoms with Gasteiger partial charge in [0.15, 0.2) is 10.8 Å². The number of rotatable bonds is 2. The third kappa shape index (κ3) is 4.22. The van der Waals surface area contributed by atoms with E-state index in [0.717, 1.165) is 5.01 Å². The monoisotopic (exact) mass is 292 g/mol. The quantitative estimate of drug-likeness (QED) is 0.514. The lowest BCUT2D eigenvalue weighted by Crippen LogP contribution is -2.24. The van der Waals surface area contributed by atoms with Crippen LogP contribution in [0.5, 0.6) is 0 Å². The lowest BCUT2D eigenvalue weighted by molar-refractivity contribution is 0.117. The van der Waals surface area contributed by atoms with Crippen LogP contribution in [0.2, 0.25) is 0 Å². The molecule has 7 heteroatoms. The summed E-state index contributed by atoms with van der Waals surface area (Å²) in [5.74, 6) is -0.284. The van der Waals surface area contributed by atoms with Gasteiger partial charge in [-0.2, -0.15) is 0 Å². The van der Waals surface area contributed by atoms with Crippen molar-refractivity contribution in [2.24, 2.45) is 0 Å². The van der Waals surface area contributed by atoms with Crippen molar-refractivity contribution in [1.29, 1.82) is 0 Å². The third-order valence-electron chi connectivity index (χ3n) is 1.51. The highest BCUT2D eigenvalue weighted by molar-refractivity contribution is 7.80. The summed E-state index contributed by atoms with van der Waals surface area (Å²) in [6.45, 7) is 7.28. The minimum atomic E-state index is -0.487. The molecule has 0 atom stereocenters. The molecule has 1 rings (SSSR count). The summed E-state index contributed by atoms with van der Waals surface area (Å²) in [4.78, 5) is 0. The second kappa shape index (κ2) is 5.29. The fourth-order valence-electron chi connectivity index (χ4n) is 0.903. The van der Waals surface area contributed by atoms with E-state index < -0.39 is 5.60 Å². The second-order valence-electron chi connectivity index (χ2n) is 4.29. The molecule has 0 aliphatic rings. The first-order chi connectivity index (χ1) is 7.70. The second-order valence-corrected chi connectivity index (χ2v) is 6.22. The zero-order chi connectivity index (χ0) is 13.2. The highest BCUT2D eigenvalue weighted by atomic mass is 35.5. The maximum atomic E-state index is 9.83. The molecule has 1 N–H and O–H groups in total. The largest absolute Gasteiger partial charge is 0.503 e. The fraction of sp³-hybridized carbons (Fsp3) is 0.500. The highest BCUT2D eigenvalue weighted by Gasteiger charge is 2.20.